The summed E-state index contributed by atoms with van der Waals surface area (Å²) in [5.41, 5.74) is 4.41. The molecule has 2 heterocycles. The summed E-state index contributed by atoms with van der Waals surface area (Å²) in [7, 11) is 0. The second-order valence-electron chi connectivity index (χ2n) is 8.83. The number of nitrogens with zero attached hydrogens (tertiary/aromatic N) is 3. The van der Waals surface area contributed by atoms with Gasteiger partial charge < -0.3 is 10.0 Å². The zero-order chi connectivity index (χ0) is 22.4. The standard InChI is InChI=1S/C26H27N3O3/c1-17(2)27-16-29(28-15-14-22(30)25(31)24(28)26(27)32)23-20-12-5-3-8-18(20)10-7-11-19-9-4-6-13-21(19)23/h3-6,8-9,12-15,17,23,31H,7,10-11,16H2,1-2H3. The molecule has 1 aliphatic heterocycles. The topological polar surface area (TPSA) is 65.8 Å². The highest BCUT2D eigenvalue weighted by molar-refractivity contribution is 5.96. The van der Waals surface area contributed by atoms with Crippen molar-refractivity contribution in [3.05, 3.63) is 99.0 Å². The minimum Gasteiger partial charge on any atom is -0.502 e. The Balaban J connectivity index is 1.79. The van der Waals surface area contributed by atoms with Gasteiger partial charge in [0.2, 0.25) is 5.43 Å². The Morgan fingerprint density at radius 2 is 1.50 bits per heavy atom. The molecule has 1 N–H and O–H groups in total. The van der Waals surface area contributed by atoms with Crippen molar-refractivity contribution in [2.45, 2.75) is 45.2 Å². The van der Waals surface area contributed by atoms with Crippen molar-refractivity contribution in [2.75, 3.05) is 11.7 Å². The fraction of sp³-hybridized carbons (Fsp3) is 0.308. The lowest BCUT2D eigenvalue weighted by Crippen LogP contribution is -2.57. The minimum atomic E-state index is -0.548. The maximum Gasteiger partial charge on any atom is 0.278 e. The first kappa shape index (κ1) is 20.4. The Hall–Kier alpha value is -3.54. The summed E-state index contributed by atoms with van der Waals surface area (Å²) in [5, 5.41) is 12.7. The van der Waals surface area contributed by atoms with Crippen LogP contribution in [0.1, 0.15) is 59.1 Å². The molecule has 0 radical (unpaired) electrons. The number of carbonyl (C=O) groups is 1. The number of aryl methyl sites for hydroxylation is 2. The van der Waals surface area contributed by atoms with Crippen LogP contribution in [0.5, 0.6) is 5.75 Å². The van der Waals surface area contributed by atoms with Crippen LogP contribution in [-0.4, -0.2) is 33.3 Å². The normalized spacial score (nSPS) is 16.3. The zero-order valence-corrected chi connectivity index (χ0v) is 18.4. The van der Waals surface area contributed by atoms with E-state index in [0.717, 1.165) is 19.3 Å². The van der Waals surface area contributed by atoms with Gasteiger partial charge in [-0.3, -0.25) is 19.3 Å². The molecule has 0 saturated carbocycles. The number of benzene rings is 2. The van der Waals surface area contributed by atoms with Gasteiger partial charge in [-0.05, 0) is 55.4 Å². The zero-order valence-electron chi connectivity index (χ0n) is 18.4. The second-order valence-corrected chi connectivity index (χ2v) is 8.83. The van der Waals surface area contributed by atoms with Gasteiger partial charge in [0.1, 0.15) is 6.67 Å². The first-order valence-electron chi connectivity index (χ1n) is 11.2. The van der Waals surface area contributed by atoms with Crippen LogP contribution in [0.3, 0.4) is 0 Å². The molecule has 0 fully saturated rings. The van der Waals surface area contributed by atoms with Crippen molar-refractivity contribution in [1.82, 2.24) is 9.58 Å². The van der Waals surface area contributed by atoms with Crippen LogP contribution >= 0.6 is 0 Å². The third-order valence-corrected chi connectivity index (χ3v) is 6.60. The second kappa shape index (κ2) is 7.86. The Morgan fingerprint density at radius 1 is 0.906 bits per heavy atom. The van der Waals surface area contributed by atoms with Crippen LogP contribution in [0, 0.1) is 0 Å². The molecule has 164 valence electrons. The van der Waals surface area contributed by atoms with Crippen LogP contribution < -0.4 is 10.4 Å². The number of hydrogen-bond acceptors (Lipinski definition) is 4. The van der Waals surface area contributed by atoms with E-state index in [4.69, 9.17) is 0 Å². The van der Waals surface area contributed by atoms with E-state index in [1.54, 1.807) is 15.8 Å². The van der Waals surface area contributed by atoms with E-state index in [9.17, 15) is 14.7 Å². The number of aromatic hydroxyl groups is 1. The maximum absolute atomic E-state index is 13.3. The summed E-state index contributed by atoms with van der Waals surface area (Å²) in [6, 6.07) is 18.0. The number of hydrogen-bond donors (Lipinski definition) is 1. The molecular formula is C26H27N3O3. The van der Waals surface area contributed by atoms with E-state index >= 15 is 0 Å². The molecule has 5 rings (SSSR count). The molecule has 6 heteroatoms. The van der Waals surface area contributed by atoms with Crippen LogP contribution in [-0.2, 0) is 12.8 Å². The van der Waals surface area contributed by atoms with Crippen molar-refractivity contribution in [3.63, 3.8) is 0 Å². The first-order chi connectivity index (χ1) is 15.5. The SMILES string of the molecule is CC(C)N1CN(C2c3ccccc3CCCc3ccccc32)n2ccc(=O)c(O)c2C1=O. The molecule has 2 aliphatic rings. The fourth-order valence-electron chi connectivity index (χ4n) is 4.97. The largest absolute Gasteiger partial charge is 0.502 e. The van der Waals surface area contributed by atoms with E-state index in [2.05, 4.69) is 53.5 Å². The lowest BCUT2D eigenvalue weighted by molar-refractivity contribution is 0.0621. The van der Waals surface area contributed by atoms with E-state index in [-0.39, 0.29) is 23.7 Å². The number of fused-ring (bicyclic) bond motifs is 3. The van der Waals surface area contributed by atoms with E-state index < -0.39 is 11.2 Å². The number of aromatic nitrogens is 1. The molecule has 2 aromatic carbocycles. The average Bonchev–Trinajstić information content (AvgIpc) is 2.77. The monoisotopic (exact) mass is 429 g/mol. The number of pyridine rings is 1. The summed E-state index contributed by atoms with van der Waals surface area (Å²) in [6.07, 6.45) is 4.63. The van der Waals surface area contributed by atoms with Gasteiger partial charge in [0, 0.05) is 18.3 Å². The molecule has 1 amide bonds. The quantitative estimate of drug-likeness (QED) is 0.676. The Labute approximate surface area is 187 Å². The van der Waals surface area contributed by atoms with Gasteiger partial charge in [-0.25, -0.2) is 0 Å². The number of rotatable bonds is 2. The van der Waals surface area contributed by atoms with Crippen LogP contribution in [0.4, 0.5) is 0 Å². The Bertz CT molecular complexity index is 1200. The smallest absolute Gasteiger partial charge is 0.278 e. The molecule has 0 unspecified atom stereocenters. The van der Waals surface area contributed by atoms with Crippen molar-refractivity contribution < 1.29 is 9.90 Å². The van der Waals surface area contributed by atoms with Crippen LogP contribution in [0.25, 0.3) is 0 Å². The van der Waals surface area contributed by atoms with Gasteiger partial charge in [0.15, 0.2) is 11.4 Å². The molecule has 0 atom stereocenters. The molecule has 6 nitrogen and oxygen atoms in total. The predicted octanol–water partition coefficient (Wildman–Crippen LogP) is 3.59. The third-order valence-electron chi connectivity index (χ3n) is 6.60. The van der Waals surface area contributed by atoms with Crippen LogP contribution in [0.2, 0.25) is 0 Å². The Morgan fingerprint density at radius 3 is 2.09 bits per heavy atom. The maximum atomic E-state index is 13.3. The lowest BCUT2D eigenvalue weighted by atomic mass is 9.85. The van der Waals surface area contributed by atoms with Gasteiger partial charge >= 0.3 is 0 Å². The number of amides is 1. The van der Waals surface area contributed by atoms with E-state index in [1.807, 2.05) is 13.8 Å². The summed E-state index contributed by atoms with van der Waals surface area (Å²) in [6.45, 7) is 4.24. The highest BCUT2D eigenvalue weighted by Crippen LogP contribution is 2.37. The van der Waals surface area contributed by atoms with Gasteiger partial charge in [0.05, 0.1) is 6.04 Å². The summed E-state index contributed by atoms with van der Waals surface area (Å²) in [4.78, 5) is 27.2. The minimum absolute atomic E-state index is 0.0227. The van der Waals surface area contributed by atoms with Crippen LogP contribution in [0.15, 0.2) is 65.6 Å². The molecule has 3 aromatic rings. The van der Waals surface area contributed by atoms with Crippen molar-refractivity contribution in [2.24, 2.45) is 0 Å². The molecule has 0 saturated heterocycles. The van der Waals surface area contributed by atoms with Crippen molar-refractivity contribution >= 4 is 5.91 Å². The Kier molecular flexibility index (Phi) is 5.00. The molecule has 0 spiro atoms. The highest BCUT2D eigenvalue weighted by Gasteiger charge is 2.38. The molecular weight excluding hydrogens is 402 g/mol. The summed E-state index contributed by atoms with van der Waals surface area (Å²) < 4.78 is 1.68. The lowest BCUT2D eigenvalue weighted by Gasteiger charge is -2.46. The van der Waals surface area contributed by atoms with Gasteiger partial charge in [-0.1, -0.05) is 48.5 Å². The molecule has 1 aliphatic carbocycles. The summed E-state index contributed by atoms with van der Waals surface area (Å²) >= 11 is 0. The first-order valence-corrected chi connectivity index (χ1v) is 11.2. The van der Waals surface area contributed by atoms with Crippen molar-refractivity contribution in [1.29, 1.82) is 0 Å². The van der Waals surface area contributed by atoms with Gasteiger partial charge in [-0.15, -0.1) is 0 Å². The predicted molar refractivity (Wildman–Crippen MR) is 124 cm³/mol. The van der Waals surface area contributed by atoms with E-state index in [0.29, 0.717) is 6.67 Å². The molecule has 1 aromatic heterocycles. The molecule has 32 heavy (non-hydrogen) atoms. The van der Waals surface area contributed by atoms with Gasteiger partial charge in [-0.2, -0.15) is 0 Å². The number of carbonyl (C=O) groups excluding carboxylic acids is 1. The van der Waals surface area contributed by atoms with E-state index in [1.165, 1.54) is 28.3 Å². The fourth-order valence-corrected chi connectivity index (χ4v) is 4.97. The van der Waals surface area contributed by atoms with Gasteiger partial charge in [0.25, 0.3) is 5.91 Å². The third kappa shape index (κ3) is 3.18. The molecule has 0 bridgehead atoms. The summed E-state index contributed by atoms with van der Waals surface area (Å²) in [5.74, 6) is -0.834. The average molecular weight is 430 g/mol. The highest BCUT2D eigenvalue weighted by atomic mass is 16.3. The van der Waals surface area contributed by atoms with Crippen molar-refractivity contribution in [3.8, 4) is 5.75 Å².